The van der Waals surface area contributed by atoms with Gasteiger partial charge in [-0.3, -0.25) is 0 Å². The van der Waals surface area contributed by atoms with Crippen molar-refractivity contribution in [3.63, 3.8) is 0 Å². The first-order valence-electron chi connectivity index (χ1n) is 3.99. The summed E-state index contributed by atoms with van der Waals surface area (Å²) in [6.07, 6.45) is 0. The molecule has 0 aromatic carbocycles. The largest absolute Gasteiger partial charge is 0.376 e. The van der Waals surface area contributed by atoms with Gasteiger partial charge in [-0.05, 0) is 38.3 Å². The fraction of sp³-hybridized carbons (Fsp3) is 0.714. The maximum Gasteiger partial charge on any atom is 0.166 e. The molecule has 0 aliphatic heterocycles. The molecule has 0 aromatic rings. The Labute approximate surface area is 90.6 Å². The second kappa shape index (κ2) is 9.47. The molecular weight excluding hydrogens is 204 g/mol. The first kappa shape index (κ1) is 14.9. The van der Waals surface area contributed by atoms with Crippen LogP contribution >= 0.6 is 24.4 Å². The van der Waals surface area contributed by atoms with Crippen molar-refractivity contribution in [2.24, 2.45) is 11.5 Å². The van der Waals surface area contributed by atoms with Crippen molar-refractivity contribution in [1.82, 2.24) is 10.2 Å². The van der Waals surface area contributed by atoms with E-state index in [0.717, 1.165) is 13.1 Å². The van der Waals surface area contributed by atoms with Gasteiger partial charge in [0.1, 0.15) is 0 Å². The molecule has 0 unspecified atom stereocenters. The van der Waals surface area contributed by atoms with Crippen molar-refractivity contribution in [2.75, 3.05) is 20.1 Å². The Morgan fingerprint density at radius 3 is 1.77 bits per heavy atom. The Morgan fingerprint density at radius 1 is 1.31 bits per heavy atom. The monoisotopic (exact) mass is 222 g/mol. The van der Waals surface area contributed by atoms with E-state index in [-0.39, 0.29) is 0 Å². The van der Waals surface area contributed by atoms with Crippen LogP contribution in [0.1, 0.15) is 13.8 Å². The lowest BCUT2D eigenvalue weighted by atomic mass is 10.7. The molecule has 0 heterocycles. The maximum atomic E-state index is 5.20. The molecule has 0 rings (SSSR count). The number of thiocarbonyl (C=S) groups is 2. The van der Waals surface area contributed by atoms with Gasteiger partial charge in [0, 0.05) is 20.1 Å². The lowest BCUT2D eigenvalue weighted by molar-refractivity contribution is 0.540. The topological polar surface area (TPSA) is 67.3 Å². The molecule has 0 aliphatic carbocycles. The third-order valence-corrected chi connectivity index (χ3v) is 1.66. The second-order valence-electron chi connectivity index (χ2n) is 2.25. The van der Waals surface area contributed by atoms with Gasteiger partial charge in [0.05, 0.1) is 0 Å². The van der Waals surface area contributed by atoms with Gasteiger partial charge in [-0.25, -0.2) is 0 Å². The molecule has 0 saturated heterocycles. The lowest BCUT2D eigenvalue weighted by Crippen LogP contribution is -2.31. The summed E-state index contributed by atoms with van der Waals surface area (Å²) < 4.78 is 0. The van der Waals surface area contributed by atoms with Crippen LogP contribution in [-0.2, 0) is 0 Å². The minimum Gasteiger partial charge on any atom is -0.376 e. The zero-order valence-corrected chi connectivity index (χ0v) is 9.97. The van der Waals surface area contributed by atoms with Crippen LogP contribution in [0.4, 0.5) is 0 Å². The Morgan fingerprint density at radius 2 is 1.77 bits per heavy atom. The van der Waals surface area contributed by atoms with Crippen LogP contribution in [0.3, 0.4) is 0 Å². The first-order valence-corrected chi connectivity index (χ1v) is 4.81. The molecule has 4 nitrogen and oxygen atoms in total. The number of hydrogen-bond donors (Lipinski definition) is 3. The smallest absolute Gasteiger partial charge is 0.166 e. The van der Waals surface area contributed by atoms with Gasteiger partial charge >= 0.3 is 0 Å². The summed E-state index contributed by atoms with van der Waals surface area (Å²) in [6, 6.07) is 0. The summed E-state index contributed by atoms with van der Waals surface area (Å²) in [6.45, 7) is 5.64. The summed E-state index contributed by atoms with van der Waals surface area (Å²) in [5, 5.41) is 3.55. The highest BCUT2D eigenvalue weighted by Crippen LogP contribution is 1.76. The Balaban J connectivity index is 0. The summed E-state index contributed by atoms with van der Waals surface area (Å²) >= 11 is 9.08. The Bertz CT molecular complexity index is 161. The van der Waals surface area contributed by atoms with Crippen molar-refractivity contribution in [3.8, 4) is 0 Å². The van der Waals surface area contributed by atoms with Crippen LogP contribution < -0.4 is 16.8 Å². The molecule has 0 radical (unpaired) electrons. The molecule has 0 spiro atoms. The maximum absolute atomic E-state index is 5.20. The lowest BCUT2D eigenvalue weighted by Gasteiger charge is -2.11. The molecule has 0 atom stereocenters. The molecule has 0 aliphatic rings. The van der Waals surface area contributed by atoms with Crippen LogP contribution in [0.25, 0.3) is 0 Å². The number of nitrogens with zero attached hydrogens (tertiary/aromatic N) is 1. The predicted molar refractivity (Wildman–Crippen MR) is 65.6 cm³/mol. The van der Waals surface area contributed by atoms with Crippen molar-refractivity contribution in [3.05, 3.63) is 0 Å². The molecule has 0 aromatic heterocycles. The second-order valence-corrected chi connectivity index (χ2v) is 3.11. The molecule has 0 fully saturated rings. The van der Waals surface area contributed by atoms with E-state index in [1.807, 2.05) is 20.9 Å². The predicted octanol–water partition coefficient (Wildman–Crippen LogP) is 0.0212. The molecule has 78 valence electrons. The number of hydrogen-bond acceptors (Lipinski definition) is 2. The van der Waals surface area contributed by atoms with E-state index in [1.165, 1.54) is 0 Å². The van der Waals surface area contributed by atoms with Gasteiger partial charge < -0.3 is 21.7 Å². The van der Waals surface area contributed by atoms with Crippen LogP contribution in [-0.4, -0.2) is 35.3 Å². The van der Waals surface area contributed by atoms with Crippen molar-refractivity contribution >= 4 is 34.7 Å². The zero-order valence-electron chi connectivity index (χ0n) is 8.33. The van der Waals surface area contributed by atoms with Gasteiger partial charge in [0.25, 0.3) is 0 Å². The summed E-state index contributed by atoms with van der Waals surface area (Å²) in [5.41, 5.74) is 10.2. The molecule has 0 amide bonds. The van der Waals surface area contributed by atoms with Gasteiger partial charge in [-0.15, -0.1) is 0 Å². The van der Waals surface area contributed by atoms with Gasteiger partial charge in [0.15, 0.2) is 10.2 Å². The van der Waals surface area contributed by atoms with Gasteiger partial charge in [-0.1, -0.05) is 0 Å². The minimum absolute atomic E-state index is 0.373. The van der Waals surface area contributed by atoms with E-state index < -0.39 is 0 Å². The molecular formula is C7H18N4S2. The Kier molecular flexibility index (Phi) is 10.8. The fourth-order valence-electron chi connectivity index (χ4n) is 0.330. The summed E-state index contributed by atoms with van der Waals surface area (Å²) in [4.78, 5) is 1.80. The Hall–Kier alpha value is -0.620. The van der Waals surface area contributed by atoms with Crippen molar-refractivity contribution < 1.29 is 0 Å². The van der Waals surface area contributed by atoms with Crippen LogP contribution in [0, 0.1) is 0 Å². The molecule has 5 N–H and O–H groups in total. The average molecular weight is 222 g/mol. The SMILES string of the molecule is CCN(C)C(N)=S.CCNC(N)=S. The van der Waals surface area contributed by atoms with Crippen molar-refractivity contribution in [1.29, 1.82) is 0 Å². The molecule has 13 heavy (non-hydrogen) atoms. The first-order chi connectivity index (χ1) is 5.95. The molecule has 6 heteroatoms. The van der Waals surface area contributed by atoms with Gasteiger partial charge in [0.2, 0.25) is 0 Å². The average Bonchev–Trinajstić information content (AvgIpc) is 2.03. The minimum atomic E-state index is 0.373. The van der Waals surface area contributed by atoms with E-state index in [4.69, 9.17) is 11.5 Å². The highest BCUT2D eigenvalue weighted by Gasteiger charge is 1.89. The van der Waals surface area contributed by atoms with E-state index >= 15 is 0 Å². The zero-order chi connectivity index (χ0) is 10.9. The normalized spacial score (nSPS) is 7.92. The molecule has 0 saturated carbocycles. The molecule has 0 bridgehead atoms. The van der Waals surface area contributed by atoms with Gasteiger partial charge in [-0.2, -0.15) is 0 Å². The third kappa shape index (κ3) is 14.3. The quantitative estimate of drug-likeness (QED) is 0.573. The van der Waals surface area contributed by atoms with E-state index in [1.54, 1.807) is 4.90 Å². The van der Waals surface area contributed by atoms with Crippen LogP contribution in [0.15, 0.2) is 0 Å². The number of nitrogens with two attached hydrogens (primary N) is 2. The van der Waals surface area contributed by atoms with E-state index in [2.05, 4.69) is 29.8 Å². The van der Waals surface area contributed by atoms with Crippen LogP contribution in [0.2, 0.25) is 0 Å². The van der Waals surface area contributed by atoms with Crippen molar-refractivity contribution in [2.45, 2.75) is 13.8 Å². The summed E-state index contributed by atoms with van der Waals surface area (Å²) in [5.74, 6) is 0. The standard InChI is InChI=1S/C4H10N2S.C3H8N2S/c1-3-6(2)4(5)7;1-2-5-3(4)6/h3H2,1-2H3,(H2,5,7);2H2,1H3,(H3,4,5,6). The highest BCUT2D eigenvalue weighted by molar-refractivity contribution is 7.80. The highest BCUT2D eigenvalue weighted by atomic mass is 32.1. The van der Waals surface area contributed by atoms with E-state index in [0.29, 0.717) is 10.2 Å². The fourth-order valence-corrected chi connectivity index (χ4v) is 0.604. The number of rotatable bonds is 2. The number of nitrogens with one attached hydrogen (secondary N) is 1. The van der Waals surface area contributed by atoms with E-state index in [9.17, 15) is 0 Å². The third-order valence-electron chi connectivity index (χ3n) is 1.20. The van der Waals surface area contributed by atoms with Crippen LogP contribution in [0.5, 0.6) is 0 Å². The summed E-state index contributed by atoms with van der Waals surface area (Å²) in [7, 11) is 1.86.